The van der Waals surface area contributed by atoms with E-state index in [-0.39, 0.29) is 24.9 Å². The third-order valence-corrected chi connectivity index (χ3v) is 1.54. The molecule has 0 saturated carbocycles. The predicted molar refractivity (Wildman–Crippen MR) is 62.4 cm³/mol. The van der Waals surface area contributed by atoms with Gasteiger partial charge < -0.3 is 15.4 Å². The van der Waals surface area contributed by atoms with Gasteiger partial charge in [-0.2, -0.15) is 0 Å². The molecule has 0 radical (unpaired) electrons. The summed E-state index contributed by atoms with van der Waals surface area (Å²) in [6, 6.07) is 0.255. The second-order valence-corrected chi connectivity index (χ2v) is 4.93. The number of Topliss-reactive ketones (excluding diaryl/α,β-unsaturated/α-hetero) is 1. The summed E-state index contributed by atoms with van der Waals surface area (Å²) in [7, 11) is 0. The Hall–Kier alpha value is -1.10. The Bertz CT molecular complexity index is 244. The number of hydrogen-bond donors (Lipinski definition) is 2. The first-order valence-corrected chi connectivity index (χ1v) is 5.42. The Morgan fingerprint density at radius 1 is 1.19 bits per heavy atom. The van der Waals surface area contributed by atoms with Crippen molar-refractivity contribution in [2.24, 2.45) is 0 Å². The fourth-order valence-electron chi connectivity index (χ4n) is 0.865. The average molecular weight is 230 g/mol. The van der Waals surface area contributed by atoms with Crippen molar-refractivity contribution in [3.63, 3.8) is 0 Å². The zero-order chi connectivity index (χ0) is 12.8. The molecule has 5 heteroatoms. The molecule has 2 N–H and O–H groups in total. The van der Waals surface area contributed by atoms with Crippen LogP contribution in [0.5, 0.6) is 0 Å². The van der Waals surface area contributed by atoms with Crippen molar-refractivity contribution in [2.75, 3.05) is 13.1 Å². The van der Waals surface area contributed by atoms with E-state index in [1.807, 2.05) is 13.8 Å². The van der Waals surface area contributed by atoms with Crippen LogP contribution in [0.1, 0.15) is 34.6 Å². The molecule has 0 aromatic rings. The van der Waals surface area contributed by atoms with E-state index in [1.54, 1.807) is 20.8 Å². The molecular weight excluding hydrogens is 208 g/mol. The molecule has 0 saturated heterocycles. The van der Waals surface area contributed by atoms with Crippen LogP contribution in [0.3, 0.4) is 0 Å². The molecule has 0 heterocycles. The van der Waals surface area contributed by atoms with Gasteiger partial charge in [-0.05, 0) is 20.8 Å². The second kappa shape index (κ2) is 6.48. The van der Waals surface area contributed by atoms with Gasteiger partial charge in [0.15, 0.2) is 5.78 Å². The fraction of sp³-hybridized carbons (Fsp3) is 0.818. The highest BCUT2D eigenvalue weighted by Crippen LogP contribution is 2.05. The number of nitrogens with one attached hydrogen (secondary N) is 2. The van der Waals surface area contributed by atoms with E-state index in [9.17, 15) is 9.59 Å². The van der Waals surface area contributed by atoms with Gasteiger partial charge in [0.05, 0.1) is 13.1 Å². The summed E-state index contributed by atoms with van der Waals surface area (Å²) in [4.78, 5) is 22.5. The number of ketones is 1. The van der Waals surface area contributed by atoms with Crippen LogP contribution in [0, 0.1) is 0 Å². The van der Waals surface area contributed by atoms with Gasteiger partial charge in [-0.15, -0.1) is 0 Å². The highest BCUT2D eigenvalue weighted by molar-refractivity contribution is 5.85. The Morgan fingerprint density at radius 2 is 1.75 bits per heavy atom. The van der Waals surface area contributed by atoms with Crippen LogP contribution in [0.25, 0.3) is 0 Å². The molecule has 1 amide bonds. The number of ether oxygens (including phenoxy) is 1. The highest BCUT2D eigenvalue weighted by Gasteiger charge is 2.16. The van der Waals surface area contributed by atoms with Gasteiger partial charge in [0.1, 0.15) is 5.60 Å². The molecule has 5 nitrogen and oxygen atoms in total. The van der Waals surface area contributed by atoms with Crippen LogP contribution in [-0.2, 0) is 9.53 Å². The van der Waals surface area contributed by atoms with Crippen LogP contribution in [0.15, 0.2) is 0 Å². The maximum absolute atomic E-state index is 11.3. The molecule has 16 heavy (non-hydrogen) atoms. The zero-order valence-electron chi connectivity index (χ0n) is 10.7. The van der Waals surface area contributed by atoms with E-state index in [0.717, 1.165) is 0 Å². The molecule has 0 aliphatic rings. The van der Waals surface area contributed by atoms with Gasteiger partial charge in [-0.1, -0.05) is 13.8 Å². The minimum atomic E-state index is -0.564. The molecule has 0 aliphatic heterocycles. The lowest BCUT2D eigenvalue weighted by Gasteiger charge is -2.19. The second-order valence-electron chi connectivity index (χ2n) is 4.93. The van der Waals surface area contributed by atoms with Crippen LogP contribution in [0.2, 0.25) is 0 Å². The van der Waals surface area contributed by atoms with Crippen LogP contribution < -0.4 is 10.6 Å². The molecule has 0 atom stereocenters. The number of amides is 1. The van der Waals surface area contributed by atoms with Crippen molar-refractivity contribution in [1.82, 2.24) is 10.6 Å². The maximum Gasteiger partial charge on any atom is 0.408 e. The van der Waals surface area contributed by atoms with Crippen molar-refractivity contribution in [2.45, 2.75) is 46.3 Å². The standard InChI is InChI=1S/C11H22N2O3/c1-8(2)12-6-9(14)7-13-10(15)16-11(3,4)5/h8,12H,6-7H2,1-5H3,(H,13,15). The number of hydrogen-bond acceptors (Lipinski definition) is 4. The number of carbonyl (C=O) groups excluding carboxylic acids is 2. The maximum atomic E-state index is 11.3. The lowest BCUT2D eigenvalue weighted by molar-refractivity contribution is -0.117. The monoisotopic (exact) mass is 230 g/mol. The molecule has 94 valence electrons. The molecule has 0 aliphatic carbocycles. The molecule has 0 aromatic carbocycles. The Labute approximate surface area is 96.9 Å². The summed E-state index contributed by atoms with van der Waals surface area (Å²) in [6.45, 7) is 9.48. The summed E-state index contributed by atoms with van der Waals surface area (Å²) in [5, 5.41) is 5.39. The van der Waals surface area contributed by atoms with Crippen LogP contribution >= 0.6 is 0 Å². The fourth-order valence-corrected chi connectivity index (χ4v) is 0.865. The van der Waals surface area contributed by atoms with Gasteiger partial charge in [0.2, 0.25) is 0 Å². The summed E-state index contributed by atoms with van der Waals surface area (Å²) < 4.78 is 4.99. The van der Waals surface area contributed by atoms with Crippen LogP contribution in [-0.4, -0.2) is 36.6 Å². The molecule has 0 rings (SSSR count). The van der Waals surface area contributed by atoms with Crippen LogP contribution in [0.4, 0.5) is 4.79 Å². The Kier molecular flexibility index (Phi) is 6.03. The largest absolute Gasteiger partial charge is 0.444 e. The smallest absolute Gasteiger partial charge is 0.408 e. The first-order valence-electron chi connectivity index (χ1n) is 5.42. The molecule has 0 aromatic heterocycles. The van der Waals surface area contributed by atoms with Gasteiger partial charge in [0, 0.05) is 6.04 Å². The summed E-state index contributed by atoms with van der Waals surface area (Å²) >= 11 is 0. The summed E-state index contributed by atoms with van der Waals surface area (Å²) in [5.41, 5.74) is -0.538. The Morgan fingerprint density at radius 3 is 2.19 bits per heavy atom. The van der Waals surface area contributed by atoms with E-state index >= 15 is 0 Å². The van der Waals surface area contributed by atoms with Crippen molar-refractivity contribution < 1.29 is 14.3 Å². The third kappa shape index (κ3) is 9.45. The molecule has 0 spiro atoms. The van der Waals surface area contributed by atoms with E-state index < -0.39 is 11.7 Å². The first kappa shape index (κ1) is 14.9. The van der Waals surface area contributed by atoms with Crippen molar-refractivity contribution >= 4 is 11.9 Å². The number of rotatable bonds is 5. The Balaban J connectivity index is 3.72. The van der Waals surface area contributed by atoms with Crippen molar-refractivity contribution in [3.05, 3.63) is 0 Å². The molecule has 0 bridgehead atoms. The summed E-state index contributed by atoms with van der Waals surface area (Å²) in [5.74, 6) is -0.0699. The number of carbonyl (C=O) groups is 2. The lowest BCUT2D eigenvalue weighted by Crippen LogP contribution is -2.39. The quantitative estimate of drug-likeness (QED) is 0.741. The normalized spacial score (nSPS) is 11.4. The summed E-state index contributed by atoms with van der Waals surface area (Å²) in [6.07, 6.45) is -0.564. The van der Waals surface area contributed by atoms with Gasteiger partial charge in [-0.25, -0.2) is 4.79 Å². The average Bonchev–Trinajstić information content (AvgIpc) is 2.08. The van der Waals surface area contributed by atoms with E-state index in [0.29, 0.717) is 0 Å². The van der Waals surface area contributed by atoms with Crippen molar-refractivity contribution in [3.8, 4) is 0 Å². The first-order chi connectivity index (χ1) is 7.20. The minimum absolute atomic E-state index is 0.00532. The van der Waals surface area contributed by atoms with E-state index in [2.05, 4.69) is 10.6 Å². The van der Waals surface area contributed by atoms with Gasteiger partial charge in [0.25, 0.3) is 0 Å². The topological polar surface area (TPSA) is 67.4 Å². The highest BCUT2D eigenvalue weighted by atomic mass is 16.6. The third-order valence-electron chi connectivity index (χ3n) is 1.54. The van der Waals surface area contributed by atoms with E-state index in [4.69, 9.17) is 4.74 Å². The minimum Gasteiger partial charge on any atom is -0.444 e. The zero-order valence-corrected chi connectivity index (χ0v) is 10.7. The number of alkyl carbamates (subject to hydrolysis) is 1. The van der Waals surface area contributed by atoms with Crippen molar-refractivity contribution in [1.29, 1.82) is 0 Å². The van der Waals surface area contributed by atoms with Gasteiger partial charge in [-0.3, -0.25) is 4.79 Å². The lowest BCUT2D eigenvalue weighted by atomic mass is 10.2. The van der Waals surface area contributed by atoms with E-state index in [1.165, 1.54) is 0 Å². The SMILES string of the molecule is CC(C)NCC(=O)CNC(=O)OC(C)(C)C. The molecular formula is C11H22N2O3. The predicted octanol–water partition coefficient (Wildman–Crippen LogP) is 1.08. The molecule has 0 unspecified atom stereocenters. The van der Waals surface area contributed by atoms with Gasteiger partial charge >= 0.3 is 6.09 Å². The molecule has 0 fully saturated rings.